The third kappa shape index (κ3) is 7.50. The molecule has 3 rings (SSSR count). The number of likely N-dealkylation sites (tertiary alicyclic amines) is 1. The van der Waals surface area contributed by atoms with Gasteiger partial charge in [0.15, 0.2) is 5.96 Å². The van der Waals surface area contributed by atoms with Crippen molar-refractivity contribution in [2.24, 2.45) is 4.99 Å². The molecule has 2 saturated heterocycles. The SMILES string of the molecule is CCCOc1cccc(CCNC(=NC)N2CCN(C(C)C(=O)N3CCCC3)CC2)c1.I. The molecule has 0 saturated carbocycles. The molecule has 0 aromatic heterocycles. The molecule has 0 bridgehead atoms. The quantitative estimate of drug-likeness (QED) is 0.303. The lowest BCUT2D eigenvalue weighted by molar-refractivity contribution is -0.135. The summed E-state index contributed by atoms with van der Waals surface area (Å²) in [6.07, 6.45) is 4.22. The lowest BCUT2D eigenvalue weighted by Crippen LogP contribution is -2.57. The summed E-state index contributed by atoms with van der Waals surface area (Å²) in [6, 6.07) is 8.30. The van der Waals surface area contributed by atoms with Gasteiger partial charge in [-0.1, -0.05) is 19.1 Å². The Bertz CT molecular complexity index is 731. The van der Waals surface area contributed by atoms with E-state index in [1.54, 1.807) is 0 Å². The summed E-state index contributed by atoms with van der Waals surface area (Å²) in [6.45, 7) is 11.1. The van der Waals surface area contributed by atoms with Gasteiger partial charge in [-0.15, -0.1) is 24.0 Å². The largest absolute Gasteiger partial charge is 0.494 e. The first-order valence-corrected chi connectivity index (χ1v) is 11.8. The number of nitrogens with zero attached hydrogens (tertiary/aromatic N) is 4. The van der Waals surface area contributed by atoms with Crippen molar-refractivity contribution in [1.29, 1.82) is 0 Å². The van der Waals surface area contributed by atoms with Crippen molar-refractivity contribution in [3.63, 3.8) is 0 Å². The van der Waals surface area contributed by atoms with Gasteiger partial charge in [-0.2, -0.15) is 0 Å². The van der Waals surface area contributed by atoms with Gasteiger partial charge in [0.05, 0.1) is 12.6 Å². The summed E-state index contributed by atoms with van der Waals surface area (Å²) >= 11 is 0. The third-order valence-electron chi connectivity index (χ3n) is 6.22. The minimum absolute atomic E-state index is 0. The molecule has 32 heavy (non-hydrogen) atoms. The van der Waals surface area contributed by atoms with Gasteiger partial charge in [0, 0.05) is 52.9 Å². The number of aliphatic imine (C=N–C) groups is 1. The molecule has 1 aromatic carbocycles. The minimum atomic E-state index is -0.0302. The van der Waals surface area contributed by atoms with Gasteiger partial charge in [-0.25, -0.2) is 0 Å². The van der Waals surface area contributed by atoms with Crippen molar-refractivity contribution in [2.75, 3.05) is 59.5 Å². The number of halogens is 1. The molecule has 1 aromatic rings. The lowest BCUT2D eigenvalue weighted by atomic mass is 10.1. The molecule has 2 heterocycles. The van der Waals surface area contributed by atoms with Crippen LogP contribution in [-0.4, -0.2) is 92.1 Å². The second kappa shape index (κ2) is 13.9. The zero-order valence-electron chi connectivity index (χ0n) is 19.9. The van der Waals surface area contributed by atoms with Crippen LogP contribution in [0.15, 0.2) is 29.3 Å². The van der Waals surface area contributed by atoms with Crippen LogP contribution in [0.4, 0.5) is 0 Å². The van der Waals surface area contributed by atoms with Gasteiger partial charge in [-0.05, 0) is 50.3 Å². The van der Waals surface area contributed by atoms with Gasteiger partial charge in [0.25, 0.3) is 0 Å². The highest BCUT2D eigenvalue weighted by Gasteiger charge is 2.30. The summed E-state index contributed by atoms with van der Waals surface area (Å²) in [7, 11) is 1.84. The fourth-order valence-electron chi connectivity index (χ4n) is 4.34. The first kappa shape index (κ1) is 26.7. The van der Waals surface area contributed by atoms with E-state index in [-0.39, 0.29) is 30.0 Å². The van der Waals surface area contributed by atoms with Crippen LogP contribution in [0.25, 0.3) is 0 Å². The predicted molar refractivity (Wildman–Crippen MR) is 141 cm³/mol. The summed E-state index contributed by atoms with van der Waals surface area (Å²) in [5.74, 6) is 2.17. The van der Waals surface area contributed by atoms with Gasteiger partial charge < -0.3 is 19.9 Å². The second-order valence-corrected chi connectivity index (χ2v) is 8.45. The van der Waals surface area contributed by atoms with Crippen LogP contribution < -0.4 is 10.1 Å². The Labute approximate surface area is 210 Å². The average Bonchev–Trinajstić information content (AvgIpc) is 3.35. The maximum atomic E-state index is 12.7. The number of nitrogens with one attached hydrogen (secondary N) is 1. The molecule has 1 amide bonds. The highest BCUT2D eigenvalue weighted by atomic mass is 127. The maximum absolute atomic E-state index is 12.7. The molecular weight excluding hydrogens is 517 g/mol. The van der Waals surface area contributed by atoms with E-state index in [1.807, 2.05) is 18.0 Å². The van der Waals surface area contributed by atoms with Crippen LogP contribution in [-0.2, 0) is 11.2 Å². The Balaban J connectivity index is 0.00000363. The summed E-state index contributed by atoms with van der Waals surface area (Å²) in [5.41, 5.74) is 1.26. The molecule has 8 heteroatoms. The molecule has 7 nitrogen and oxygen atoms in total. The summed E-state index contributed by atoms with van der Waals surface area (Å²) < 4.78 is 5.73. The van der Waals surface area contributed by atoms with Crippen molar-refractivity contribution in [3.8, 4) is 5.75 Å². The van der Waals surface area contributed by atoms with Gasteiger partial charge in [0.2, 0.25) is 5.91 Å². The van der Waals surface area contributed by atoms with Crippen LogP contribution in [0.3, 0.4) is 0 Å². The van der Waals surface area contributed by atoms with E-state index in [1.165, 1.54) is 5.56 Å². The first-order chi connectivity index (χ1) is 15.1. The number of benzene rings is 1. The average molecular weight is 558 g/mol. The van der Waals surface area contributed by atoms with E-state index in [0.29, 0.717) is 5.91 Å². The van der Waals surface area contributed by atoms with Crippen LogP contribution >= 0.6 is 24.0 Å². The van der Waals surface area contributed by atoms with E-state index < -0.39 is 0 Å². The topological polar surface area (TPSA) is 60.4 Å². The van der Waals surface area contributed by atoms with Crippen LogP contribution in [0, 0.1) is 0 Å². The number of guanidine groups is 1. The van der Waals surface area contributed by atoms with Crippen molar-refractivity contribution in [1.82, 2.24) is 20.0 Å². The van der Waals surface area contributed by atoms with E-state index in [2.05, 4.69) is 52.2 Å². The molecule has 0 radical (unpaired) electrons. The molecule has 1 N–H and O–H groups in total. The van der Waals surface area contributed by atoms with Crippen molar-refractivity contribution in [2.45, 2.75) is 45.6 Å². The lowest BCUT2D eigenvalue weighted by Gasteiger charge is -2.39. The number of carbonyl (C=O) groups is 1. The predicted octanol–water partition coefficient (Wildman–Crippen LogP) is 2.84. The molecule has 2 aliphatic heterocycles. The molecule has 0 spiro atoms. The van der Waals surface area contributed by atoms with Crippen LogP contribution in [0.5, 0.6) is 5.75 Å². The number of rotatable bonds is 8. The number of hydrogen-bond acceptors (Lipinski definition) is 4. The molecule has 1 unspecified atom stereocenters. The number of carbonyl (C=O) groups excluding carboxylic acids is 1. The first-order valence-electron chi connectivity index (χ1n) is 11.8. The molecule has 2 aliphatic rings. The highest BCUT2D eigenvalue weighted by Crippen LogP contribution is 2.15. The van der Waals surface area contributed by atoms with E-state index >= 15 is 0 Å². The molecule has 0 aliphatic carbocycles. The van der Waals surface area contributed by atoms with E-state index in [0.717, 1.165) is 89.8 Å². The molecular formula is C24H40IN5O2. The van der Waals surface area contributed by atoms with Crippen LogP contribution in [0.2, 0.25) is 0 Å². The number of piperazine rings is 1. The van der Waals surface area contributed by atoms with Crippen molar-refractivity contribution >= 4 is 35.8 Å². The minimum Gasteiger partial charge on any atom is -0.494 e. The van der Waals surface area contributed by atoms with Crippen molar-refractivity contribution in [3.05, 3.63) is 29.8 Å². The van der Waals surface area contributed by atoms with E-state index in [4.69, 9.17) is 4.74 Å². The molecule has 2 fully saturated rings. The van der Waals surface area contributed by atoms with Gasteiger partial charge >= 0.3 is 0 Å². The normalized spacial score (nSPS) is 18.3. The van der Waals surface area contributed by atoms with E-state index in [9.17, 15) is 4.79 Å². The highest BCUT2D eigenvalue weighted by molar-refractivity contribution is 14.0. The Morgan fingerprint density at radius 1 is 1.12 bits per heavy atom. The number of amides is 1. The van der Waals surface area contributed by atoms with Gasteiger partial charge in [-0.3, -0.25) is 14.7 Å². The number of hydrogen-bond donors (Lipinski definition) is 1. The Kier molecular flexibility index (Phi) is 11.6. The van der Waals surface area contributed by atoms with Gasteiger partial charge in [0.1, 0.15) is 5.75 Å². The molecule has 1 atom stereocenters. The fraction of sp³-hybridized carbons (Fsp3) is 0.667. The third-order valence-corrected chi connectivity index (χ3v) is 6.22. The zero-order chi connectivity index (χ0) is 22.1. The van der Waals surface area contributed by atoms with Crippen molar-refractivity contribution < 1.29 is 9.53 Å². The Hall–Kier alpha value is -1.55. The maximum Gasteiger partial charge on any atom is 0.239 e. The Morgan fingerprint density at radius 3 is 2.50 bits per heavy atom. The smallest absolute Gasteiger partial charge is 0.239 e. The summed E-state index contributed by atoms with van der Waals surface area (Å²) in [5, 5.41) is 3.50. The van der Waals surface area contributed by atoms with Crippen LogP contribution in [0.1, 0.15) is 38.7 Å². The second-order valence-electron chi connectivity index (χ2n) is 8.45. The monoisotopic (exact) mass is 557 g/mol. The fourth-order valence-corrected chi connectivity index (χ4v) is 4.34. The Morgan fingerprint density at radius 2 is 1.84 bits per heavy atom. The standard InChI is InChI=1S/C24H39N5O2.HI/c1-4-18-31-22-9-7-8-21(19-22)10-11-26-24(25-3)29-16-14-27(15-17-29)20(2)23(30)28-12-5-6-13-28;/h7-9,19-20H,4-6,10-18H2,1-3H3,(H,25,26);1H. The molecule has 180 valence electrons. The summed E-state index contributed by atoms with van der Waals surface area (Å²) in [4.78, 5) is 23.8. The number of ether oxygens (including phenoxy) is 1. The zero-order valence-corrected chi connectivity index (χ0v) is 22.2.